The minimum Gasteiger partial charge on any atom is -0.436 e. The van der Waals surface area contributed by atoms with Crippen LogP contribution in [0.25, 0.3) is 0 Å². The number of hydrogen-bond acceptors (Lipinski definition) is 4. The van der Waals surface area contributed by atoms with Gasteiger partial charge in [0.15, 0.2) is 11.6 Å². The van der Waals surface area contributed by atoms with Gasteiger partial charge in [-0.15, -0.1) is 0 Å². The Balaban J connectivity index is 1.81. The van der Waals surface area contributed by atoms with Gasteiger partial charge in [0.2, 0.25) is 5.76 Å². The molecule has 1 saturated heterocycles. The first kappa shape index (κ1) is 24.1. The quantitative estimate of drug-likeness (QED) is 0.600. The first-order chi connectivity index (χ1) is 14.6. The number of nitrogens with zero attached hydrogens (tertiary/aromatic N) is 3. The second-order valence-corrected chi connectivity index (χ2v) is 10.5. The number of alkyl halides is 3. The molecular weight excluding hydrogens is 419 g/mol. The number of amides is 1. The summed E-state index contributed by atoms with van der Waals surface area (Å²) < 4.78 is 44.4. The Morgan fingerprint density at radius 1 is 0.906 bits per heavy atom. The van der Waals surface area contributed by atoms with Gasteiger partial charge >= 0.3 is 6.18 Å². The number of piperazine rings is 1. The number of halogens is 3. The maximum absolute atomic E-state index is 13.2. The highest BCUT2D eigenvalue weighted by Crippen LogP contribution is 2.35. The van der Waals surface area contributed by atoms with Crippen molar-refractivity contribution in [2.45, 2.75) is 65.5 Å². The Bertz CT molecular complexity index is 957. The van der Waals surface area contributed by atoms with E-state index in [1.807, 2.05) is 0 Å². The normalized spacial score (nSPS) is 15.9. The second-order valence-electron chi connectivity index (χ2n) is 10.5. The maximum atomic E-state index is 13.2. The average molecular weight is 452 g/mol. The monoisotopic (exact) mass is 451 g/mol. The maximum Gasteiger partial charge on any atom is 0.452 e. The fourth-order valence-electron chi connectivity index (χ4n) is 3.74. The lowest BCUT2D eigenvalue weighted by atomic mass is 9.80. The first-order valence-electron chi connectivity index (χ1n) is 10.8. The summed E-state index contributed by atoms with van der Waals surface area (Å²) in [6.45, 7) is 16.0. The third kappa shape index (κ3) is 5.10. The number of rotatable bonds is 2. The highest BCUT2D eigenvalue weighted by molar-refractivity contribution is 5.93. The lowest BCUT2D eigenvalue weighted by molar-refractivity contribution is -0.153. The Labute approximate surface area is 187 Å². The molecule has 0 atom stereocenters. The molecule has 0 saturated carbocycles. The van der Waals surface area contributed by atoms with Crippen LogP contribution in [0.2, 0.25) is 0 Å². The molecule has 3 rings (SSSR count). The van der Waals surface area contributed by atoms with Crippen LogP contribution < -0.4 is 4.90 Å². The number of aryl methyl sites for hydroxylation is 1. The fourth-order valence-corrected chi connectivity index (χ4v) is 3.74. The molecule has 32 heavy (non-hydrogen) atoms. The van der Waals surface area contributed by atoms with Gasteiger partial charge < -0.3 is 14.2 Å². The van der Waals surface area contributed by atoms with Gasteiger partial charge in [-0.25, -0.2) is 4.98 Å². The van der Waals surface area contributed by atoms with Crippen molar-refractivity contribution in [2.75, 3.05) is 31.1 Å². The molecule has 0 aliphatic carbocycles. The van der Waals surface area contributed by atoms with Crippen molar-refractivity contribution in [3.05, 3.63) is 46.7 Å². The van der Waals surface area contributed by atoms with Crippen LogP contribution in [-0.2, 0) is 17.0 Å². The predicted molar refractivity (Wildman–Crippen MR) is 118 cm³/mol. The van der Waals surface area contributed by atoms with Crippen molar-refractivity contribution >= 4 is 11.6 Å². The van der Waals surface area contributed by atoms with Crippen LogP contribution in [0.15, 0.2) is 22.6 Å². The van der Waals surface area contributed by atoms with Gasteiger partial charge in [-0.05, 0) is 34.1 Å². The number of carbonyl (C=O) groups excluding carboxylic acids is 1. The molecule has 1 aromatic heterocycles. The fraction of sp³-hybridized carbons (Fsp3) is 0.583. The van der Waals surface area contributed by atoms with E-state index in [1.54, 1.807) is 0 Å². The number of hydrogen-bond donors (Lipinski definition) is 0. The molecule has 1 amide bonds. The summed E-state index contributed by atoms with van der Waals surface area (Å²) in [7, 11) is 0. The summed E-state index contributed by atoms with van der Waals surface area (Å²) in [5, 5.41) is 0. The third-order valence-electron chi connectivity index (χ3n) is 5.78. The minimum atomic E-state index is -4.76. The summed E-state index contributed by atoms with van der Waals surface area (Å²) >= 11 is 0. The van der Waals surface area contributed by atoms with E-state index in [4.69, 9.17) is 0 Å². The number of oxazole rings is 1. The van der Waals surface area contributed by atoms with Crippen molar-refractivity contribution in [3.63, 3.8) is 0 Å². The number of benzene rings is 1. The third-order valence-corrected chi connectivity index (χ3v) is 5.78. The van der Waals surface area contributed by atoms with Gasteiger partial charge in [-0.2, -0.15) is 13.2 Å². The van der Waals surface area contributed by atoms with Gasteiger partial charge in [-0.1, -0.05) is 47.6 Å². The van der Waals surface area contributed by atoms with E-state index in [2.05, 4.69) is 74.0 Å². The van der Waals surface area contributed by atoms with Gasteiger partial charge in [0.05, 0.1) is 0 Å². The van der Waals surface area contributed by atoms with E-state index in [0.717, 1.165) is 5.69 Å². The summed E-state index contributed by atoms with van der Waals surface area (Å²) in [4.78, 5) is 20.1. The molecule has 1 aliphatic heterocycles. The Kier molecular flexibility index (Phi) is 6.13. The smallest absolute Gasteiger partial charge is 0.436 e. The Morgan fingerprint density at radius 3 is 1.84 bits per heavy atom. The SMILES string of the molecule is Cc1nc(C(=O)N2CCN(c3cc(C(C)(C)C)cc(C(C)(C)C)c3)CC2)c(C(F)(F)F)o1. The van der Waals surface area contributed by atoms with Crippen molar-refractivity contribution < 1.29 is 22.4 Å². The molecule has 0 spiro atoms. The lowest BCUT2D eigenvalue weighted by Crippen LogP contribution is -2.49. The molecule has 0 unspecified atom stereocenters. The highest BCUT2D eigenvalue weighted by Gasteiger charge is 2.42. The van der Waals surface area contributed by atoms with Crippen LogP contribution in [-0.4, -0.2) is 42.0 Å². The van der Waals surface area contributed by atoms with Crippen LogP contribution in [0.1, 0.15) is 74.8 Å². The molecule has 0 bridgehead atoms. The van der Waals surface area contributed by atoms with Crippen molar-refractivity contribution in [2.24, 2.45) is 0 Å². The summed E-state index contributed by atoms with van der Waals surface area (Å²) in [5.41, 5.74) is 2.83. The number of carbonyl (C=O) groups is 1. The Morgan fingerprint density at radius 2 is 1.41 bits per heavy atom. The molecule has 1 aliphatic rings. The molecule has 0 N–H and O–H groups in total. The summed E-state index contributed by atoms with van der Waals surface area (Å²) in [6, 6.07) is 6.60. The number of anilines is 1. The van der Waals surface area contributed by atoms with Gasteiger partial charge in [0.25, 0.3) is 5.91 Å². The topological polar surface area (TPSA) is 49.6 Å². The van der Waals surface area contributed by atoms with Crippen LogP contribution in [0.5, 0.6) is 0 Å². The molecule has 1 fully saturated rings. The standard InChI is InChI=1S/C24H32F3N3O2/c1-15-28-19(20(32-15)24(25,26)27)21(31)30-10-8-29(9-11-30)18-13-16(22(2,3)4)12-17(14-18)23(5,6)7/h12-14H,8-11H2,1-7H3. The molecule has 8 heteroatoms. The van der Waals surface area contributed by atoms with Crippen LogP contribution in [0.4, 0.5) is 18.9 Å². The summed E-state index contributed by atoms with van der Waals surface area (Å²) in [6.07, 6.45) is -4.76. The first-order valence-corrected chi connectivity index (χ1v) is 10.8. The van der Waals surface area contributed by atoms with Crippen molar-refractivity contribution in [3.8, 4) is 0 Å². The van der Waals surface area contributed by atoms with E-state index >= 15 is 0 Å². The zero-order chi connectivity index (χ0) is 24.1. The molecular formula is C24H32F3N3O2. The Hall–Kier alpha value is -2.51. The van der Waals surface area contributed by atoms with E-state index in [1.165, 1.54) is 23.0 Å². The molecule has 2 heterocycles. The molecule has 0 radical (unpaired) electrons. The predicted octanol–water partition coefficient (Wildman–Crippen LogP) is 5.56. The van der Waals surface area contributed by atoms with Gasteiger partial charge in [-0.3, -0.25) is 4.79 Å². The van der Waals surface area contributed by atoms with Crippen molar-refractivity contribution in [1.82, 2.24) is 9.88 Å². The highest BCUT2D eigenvalue weighted by atomic mass is 19.4. The van der Waals surface area contributed by atoms with Crippen LogP contribution >= 0.6 is 0 Å². The van der Waals surface area contributed by atoms with E-state index in [9.17, 15) is 18.0 Å². The molecule has 5 nitrogen and oxygen atoms in total. The average Bonchev–Trinajstić information content (AvgIpc) is 3.08. The molecule has 2 aromatic rings. The van der Waals surface area contributed by atoms with Crippen LogP contribution in [0.3, 0.4) is 0 Å². The van der Waals surface area contributed by atoms with Crippen molar-refractivity contribution in [1.29, 1.82) is 0 Å². The number of aromatic nitrogens is 1. The molecule has 1 aromatic carbocycles. The summed E-state index contributed by atoms with van der Waals surface area (Å²) in [5.74, 6) is -2.24. The zero-order valence-corrected chi connectivity index (χ0v) is 19.9. The van der Waals surface area contributed by atoms with E-state index < -0.39 is 23.5 Å². The largest absolute Gasteiger partial charge is 0.452 e. The van der Waals surface area contributed by atoms with Gasteiger partial charge in [0, 0.05) is 38.8 Å². The van der Waals surface area contributed by atoms with Gasteiger partial charge in [0.1, 0.15) is 0 Å². The zero-order valence-electron chi connectivity index (χ0n) is 19.9. The minimum absolute atomic E-state index is 0.0212. The van der Waals surface area contributed by atoms with Crippen LogP contribution in [0, 0.1) is 6.92 Å². The lowest BCUT2D eigenvalue weighted by Gasteiger charge is -2.37. The van der Waals surface area contributed by atoms with E-state index in [0.29, 0.717) is 26.2 Å². The molecule has 176 valence electrons. The van der Waals surface area contributed by atoms with E-state index in [-0.39, 0.29) is 16.7 Å². The second kappa shape index (κ2) is 8.12.